The molecule has 2 heterocycles. The Balaban J connectivity index is 1.56. The minimum atomic E-state index is -0.513. The lowest BCUT2D eigenvalue weighted by molar-refractivity contribution is -0.164. The number of ether oxygens (including phenoxy) is 2. The first-order valence-corrected chi connectivity index (χ1v) is 11.4. The minimum absolute atomic E-state index is 0.116. The van der Waals surface area contributed by atoms with E-state index in [4.69, 9.17) is 9.47 Å². The quantitative estimate of drug-likeness (QED) is 0.508. The average Bonchev–Trinajstić information content (AvgIpc) is 2.74. The predicted molar refractivity (Wildman–Crippen MR) is 110 cm³/mol. The molecule has 2 fully saturated rings. The first-order valence-electron chi connectivity index (χ1n) is 10.4. The van der Waals surface area contributed by atoms with E-state index in [9.17, 15) is 9.59 Å². The van der Waals surface area contributed by atoms with E-state index in [2.05, 4.69) is 0 Å². The molecule has 0 unspecified atom stereocenters. The molecule has 1 amide bonds. The molecule has 2 saturated heterocycles. The van der Waals surface area contributed by atoms with Crippen molar-refractivity contribution in [3.63, 3.8) is 0 Å². The highest BCUT2D eigenvalue weighted by atomic mass is 32.2. The van der Waals surface area contributed by atoms with Crippen LogP contribution in [0.2, 0.25) is 0 Å². The van der Waals surface area contributed by atoms with Gasteiger partial charge in [0.05, 0.1) is 23.9 Å². The maximum atomic E-state index is 12.8. The third kappa shape index (κ3) is 5.51. The van der Waals surface area contributed by atoms with E-state index in [-0.39, 0.29) is 18.0 Å². The van der Waals surface area contributed by atoms with Gasteiger partial charge in [0.15, 0.2) is 0 Å². The SMILES string of the molecule is CCOC(=O)C1(C[C@@H]2CCCCO2)CCN(C(=O)CSc2ccccc2)CC1. The fraction of sp³-hybridized carbons (Fsp3) is 0.636. The van der Waals surface area contributed by atoms with Crippen molar-refractivity contribution in [2.45, 2.75) is 56.4 Å². The van der Waals surface area contributed by atoms with Gasteiger partial charge in [0.1, 0.15) is 0 Å². The number of thioether (sulfide) groups is 1. The maximum Gasteiger partial charge on any atom is 0.312 e. The smallest absolute Gasteiger partial charge is 0.312 e. The molecular formula is C22H31NO4S. The number of hydrogen-bond donors (Lipinski definition) is 0. The van der Waals surface area contributed by atoms with Crippen LogP contribution in [0.4, 0.5) is 0 Å². The molecule has 0 bridgehead atoms. The van der Waals surface area contributed by atoms with Crippen molar-refractivity contribution in [3.8, 4) is 0 Å². The zero-order valence-electron chi connectivity index (χ0n) is 16.7. The normalized spacial score (nSPS) is 21.9. The Morgan fingerprint density at radius 1 is 1.21 bits per heavy atom. The lowest BCUT2D eigenvalue weighted by Gasteiger charge is -2.42. The number of nitrogens with zero attached hydrogens (tertiary/aromatic N) is 1. The van der Waals surface area contributed by atoms with Crippen molar-refractivity contribution in [1.82, 2.24) is 4.90 Å². The topological polar surface area (TPSA) is 55.8 Å². The van der Waals surface area contributed by atoms with Gasteiger partial charge in [-0.3, -0.25) is 9.59 Å². The van der Waals surface area contributed by atoms with E-state index in [1.807, 2.05) is 42.2 Å². The van der Waals surface area contributed by atoms with Gasteiger partial charge >= 0.3 is 5.97 Å². The highest BCUT2D eigenvalue weighted by molar-refractivity contribution is 8.00. The molecule has 3 rings (SSSR count). The molecule has 1 aromatic rings. The van der Waals surface area contributed by atoms with Crippen LogP contribution < -0.4 is 0 Å². The van der Waals surface area contributed by atoms with Gasteiger partial charge in [-0.1, -0.05) is 18.2 Å². The highest BCUT2D eigenvalue weighted by Gasteiger charge is 2.45. The lowest BCUT2D eigenvalue weighted by atomic mass is 9.73. The molecule has 1 atom stereocenters. The summed E-state index contributed by atoms with van der Waals surface area (Å²) in [4.78, 5) is 28.4. The van der Waals surface area contributed by atoms with Crippen LogP contribution >= 0.6 is 11.8 Å². The van der Waals surface area contributed by atoms with Gasteiger partial charge in [0, 0.05) is 24.6 Å². The molecule has 154 valence electrons. The summed E-state index contributed by atoms with van der Waals surface area (Å²) < 4.78 is 11.3. The van der Waals surface area contributed by atoms with Gasteiger partial charge in [-0.05, 0) is 57.6 Å². The van der Waals surface area contributed by atoms with Gasteiger partial charge in [-0.15, -0.1) is 11.8 Å². The Kier molecular flexibility index (Phi) is 7.80. The Bertz CT molecular complexity index is 637. The van der Waals surface area contributed by atoms with E-state index >= 15 is 0 Å². The zero-order chi connectivity index (χ0) is 19.8. The summed E-state index contributed by atoms with van der Waals surface area (Å²) in [5, 5.41) is 0. The van der Waals surface area contributed by atoms with Gasteiger partial charge in [-0.25, -0.2) is 0 Å². The number of carbonyl (C=O) groups excluding carboxylic acids is 2. The van der Waals surface area contributed by atoms with E-state index in [1.54, 1.807) is 11.8 Å². The molecule has 0 saturated carbocycles. The van der Waals surface area contributed by atoms with Crippen molar-refractivity contribution >= 4 is 23.6 Å². The molecule has 0 aliphatic carbocycles. The molecule has 0 radical (unpaired) electrons. The molecule has 0 N–H and O–H groups in total. The van der Waals surface area contributed by atoms with Crippen molar-refractivity contribution in [2.75, 3.05) is 32.1 Å². The maximum absolute atomic E-state index is 12.8. The summed E-state index contributed by atoms with van der Waals surface area (Å²) in [6, 6.07) is 9.97. The molecular weight excluding hydrogens is 374 g/mol. The standard InChI is InChI=1S/C22H31NO4S/c1-2-26-21(25)22(16-18-8-6-7-15-27-18)11-13-23(14-12-22)20(24)17-28-19-9-4-3-5-10-19/h3-5,9-10,18H,2,6-8,11-17H2,1H3/t18-/m0/s1. The number of carbonyl (C=O) groups is 2. The van der Waals surface area contributed by atoms with E-state index in [0.717, 1.165) is 30.8 Å². The van der Waals surface area contributed by atoms with Gasteiger partial charge in [0.25, 0.3) is 0 Å². The van der Waals surface area contributed by atoms with E-state index in [0.29, 0.717) is 44.7 Å². The molecule has 1 aromatic carbocycles. The lowest BCUT2D eigenvalue weighted by Crippen LogP contribution is -2.49. The number of hydrogen-bond acceptors (Lipinski definition) is 5. The molecule has 0 aromatic heterocycles. The average molecular weight is 406 g/mol. The number of amides is 1. The third-order valence-electron chi connectivity index (χ3n) is 5.78. The molecule has 6 heteroatoms. The molecule has 28 heavy (non-hydrogen) atoms. The van der Waals surface area contributed by atoms with Crippen LogP contribution in [0.3, 0.4) is 0 Å². The summed E-state index contributed by atoms with van der Waals surface area (Å²) in [5.74, 6) is 0.456. The fourth-order valence-corrected chi connectivity index (χ4v) is 4.94. The predicted octanol–water partition coefficient (Wildman–Crippen LogP) is 3.91. The van der Waals surface area contributed by atoms with Crippen LogP contribution in [-0.4, -0.2) is 54.9 Å². The summed E-state index contributed by atoms with van der Waals surface area (Å²) >= 11 is 1.56. The Morgan fingerprint density at radius 2 is 1.96 bits per heavy atom. The summed E-state index contributed by atoms with van der Waals surface area (Å²) in [6.07, 6.45) is 5.44. The van der Waals surface area contributed by atoms with Crippen LogP contribution in [0.1, 0.15) is 45.4 Å². The number of likely N-dealkylation sites (tertiary alicyclic amines) is 1. The Morgan fingerprint density at radius 3 is 2.61 bits per heavy atom. The van der Waals surface area contributed by atoms with Gasteiger partial charge < -0.3 is 14.4 Å². The summed E-state index contributed by atoms with van der Waals surface area (Å²) in [6.45, 7) is 4.25. The van der Waals surface area contributed by atoms with Crippen molar-refractivity contribution in [3.05, 3.63) is 30.3 Å². The van der Waals surface area contributed by atoms with Crippen LogP contribution in [0, 0.1) is 5.41 Å². The number of benzene rings is 1. The second-order valence-electron chi connectivity index (χ2n) is 7.68. The Hall–Kier alpha value is -1.53. The summed E-state index contributed by atoms with van der Waals surface area (Å²) in [5.41, 5.74) is -0.513. The first-order chi connectivity index (χ1) is 13.6. The molecule has 2 aliphatic rings. The molecule has 5 nitrogen and oxygen atoms in total. The van der Waals surface area contributed by atoms with E-state index in [1.165, 1.54) is 0 Å². The first kappa shape index (κ1) is 21.2. The van der Waals surface area contributed by atoms with Crippen LogP contribution in [0.15, 0.2) is 35.2 Å². The van der Waals surface area contributed by atoms with Crippen LogP contribution in [0.25, 0.3) is 0 Å². The van der Waals surface area contributed by atoms with Gasteiger partial charge in [0.2, 0.25) is 5.91 Å². The monoisotopic (exact) mass is 405 g/mol. The third-order valence-corrected chi connectivity index (χ3v) is 6.78. The minimum Gasteiger partial charge on any atom is -0.466 e. The summed E-state index contributed by atoms with van der Waals surface area (Å²) in [7, 11) is 0. The number of rotatable bonds is 7. The van der Waals surface area contributed by atoms with Gasteiger partial charge in [-0.2, -0.15) is 0 Å². The largest absolute Gasteiger partial charge is 0.466 e. The number of esters is 1. The zero-order valence-corrected chi connectivity index (χ0v) is 17.5. The molecule has 0 spiro atoms. The van der Waals surface area contributed by atoms with Crippen LogP contribution in [-0.2, 0) is 19.1 Å². The second kappa shape index (κ2) is 10.3. The van der Waals surface area contributed by atoms with Crippen molar-refractivity contribution in [1.29, 1.82) is 0 Å². The van der Waals surface area contributed by atoms with Crippen molar-refractivity contribution < 1.29 is 19.1 Å². The van der Waals surface area contributed by atoms with Crippen LogP contribution in [0.5, 0.6) is 0 Å². The number of piperidine rings is 1. The van der Waals surface area contributed by atoms with E-state index < -0.39 is 5.41 Å². The second-order valence-corrected chi connectivity index (χ2v) is 8.72. The fourth-order valence-electron chi connectivity index (χ4n) is 4.12. The molecule has 2 aliphatic heterocycles. The highest BCUT2D eigenvalue weighted by Crippen LogP contribution is 2.40. The Labute approximate surface area is 172 Å². The van der Waals surface area contributed by atoms with Crippen molar-refractivity contribution in [2.24, 2.45) is 5.41 Å².